The van der Waals surface area contributed by atoms with E-state index in [0.717, 1.165) is 50.0 Å². The number of piperidine rings is 1. The van der Waals surface area contributed by atoms with E-state index in [1.54, 1.807) is 4.90 Å². The van der Waals surface area contributed by atoms with Crippen LogP contribution in [-0.4, -0.2) is 54.8 Å². The highest BCUT2D eigenvalue weighted by Crippen LogP contribution is 2.35. The van der Waals surface area contributed by atoms with Gasteiger partial charge in [0.2, 0.25) is 11.8 Å². The van der Waals surface area contributed by atoms with Gasteiger partial charge in [-0.25, -0.2) is 0 Å². The second kappa shape index (κ2) is 13.3. The zero-order valence-corrected chi connectivity index (χ0v) is 21.8. The molecule has 192 valence electrons. The lowest BCUT2D eigenvalue weighted by atomic mass is 9.85. The van der Waals surface area contributed by atoms with E-state index in [-0.39, 0.29) is 54.4 Å². The predicted molar refractivity (Wildman–Crippen MR) is 140 cm³/mol. The monoisotopic (exact) mass is 515 g/mol. The number of hydrogen-bond donors (Lipinski definition) is 3. The topological polar surface area (TPSA) is 122 Å². The quantitative estimate of drug-likeness (QED) is 0.307. The molecule has 0 aliphatic carbocycles. The Morgan fingerprint density at radius 2 is 1.79 bits per heavy atom. The maximum absolute atomic E-state index is 13.2. The van der Waals surface area contributed by atoms with Crippen molar-refractivity contribution < 1.29 is 14.4 Å². The number of carbonyl (C=O) groups excluding carboxylic acids is 3. The van der Waals surface area contributed by atoms with Gasteiger partial charge in [0.05, 0.1) is 0 Å². The highest BCUT2D eigenvalue weighted by molar-refractivity contribution is 6.06. The summed E-state index contributed by atoms with van der Waals surface area (Å²) in [6, 6.07) is 5.22. The van der Waals surface area contributed by atoms with Gasteiger partial charge in [-0.2, -0.15) is 0 Å². The van der Waals surface area contributed by atoms with Gasteiger partial charge in [0.25, 0.3) is 5.91 Å². The summed E-state index contributed by atoms with van der Waals surface area (Å²) in [4.78, 5) is 41.1. The zero-order chi connectivity index (χ0) is 23.3. The Kier molecular flexibility index (Phi) is 11.8. The Bertz CT molecular complexity index is 865. The summed E-state index contributed by atoms with van der Waals surface area (Å²) in [6.45, 7) is 7.90. The van der Waals surface area contributed by atoms with Crippen molar-refractivity contribution >= 4 is 48.2 Å². The average Bonchev–Trinajstić information content (AvgIpc) is 3.07. The molecule has 3 amide bonds. The van der Waals surface area contributed by atoms with Crippen molar-refractivity contribution in [1.82, 2.24) is 10.2 Å². The number of hydrogen-bond acceptors (Lipinski definition) is 6. The molecule has 0 aromatic heterocycles. The SMILES string of the molecule is CC(C)(CCN)CCN(CCCCN)c1cccc2c1CN(C1CCC(=O)NC1=O)C2=O.Cl.Cl. The lowest BCUT2D eigenvalue weighted by molar-refractivity contribution is -0.136. The minimum Gasteiger partial charge on any atom is -0.371 e. The molecule has 2 aliphatic rings. The minimum absolute atomic E-state index is 0. The molecule has 3 rings (SSSR count). The maximum atomic E-state index is 13.2. The number of unbranched alkanes of at least 4 members (excludes halogenated alkanes) is 1. The van der Waals surface area contributed by atoms with Gasteiger partial charge in [-0.05, 0) is 62.7 Å². The van der Waals surface area contributed by atoms with Crippen molar-refractivity contribution in [3.8, 4) is 0 Å². The molecule has 1 aromatic rings. The molecule has 0 bridgehead atoms. The van der Waals surface area contributed by atoms with Crippen LogP contribution in [0, 0.1) is 5.41 Å². The fourth-order valence-corrected chi connectivity index (χ4v) is 4.62. The number of anilines is 1. The number of fused-ring (bicyclic) bond motifs is 1. The van der Waals surface area contributed by atoms with Crippen LogP contribution in [0.3, 0.4) is 0 Å². The number of benzene rings is 1. The number of nitrogens with one attached hydrogen (secondary N) is 1. The summed E-state index contributed by atoms with van der Waals surface area (Å²) in [7, 11) is 0. The molecular weight excluding hydrogens is 477 g/mol. The fraction of sp³-hybridized carbons (Fsp3) is 0.625. The number of rotatable bonds is 11. The Morgan fingerprint density at radius 3 is 2.44 bits per heavy atom. The average molecular weight is 517 g/mol. The molecule has 1 fully saturated rings. The predicted octanol–water partition coefficient (Wildman–Crippen LogP) is 2.60. The molecule has 10 heteroatoms. The molecule has 1 saturated heterocycles. The van der Waals surface area contributed by atoms with Crippen LogP contribution >= 0.6 is 24.8 Å². The van der Waals surface area contributed by atoms with Crippen LogP contribution in [0.4, 0.5) is 5.69 Å². The summed E-state index contributed by atoms with van der Waals surface area (Å²) in [6.07, 6.45) is 4.49. The Balaban J connectivity index is 0.00000289. The largest absolute Gasteiger partial charge is 0.371 e. The fourth-order valence-electron chi connectivity index (χ4n) is 4.62. The molecule has 2 aliphatic heterocycles. The van der Waals surface area contributed by atoms with Crippen molar-refractivity contribution in [3.63, 3.8) is 0 Å². The van der Waals surface area contributed by atoms with E-state index >= 15 is 0 Å². The number of halogens is 2. The summed E-state index contributed by atoms with van der Waals surface area (Å²) in [5.74, 6) is -0.795. The first-order valence-electron chi connectivity index (χ1n) is 11.7. The second-order valence-corrected chi connectivity index (χ2v) is 9.64. The van der Waals surface area contributed by atoms with E-state index in [9.17, 15) is 14.4 Å². The third-order valence-corrected chi connectivity index (χ3v) is 6.66. The van der Waals surface area contributed by atoms with Crippen LogP contribution in [0.1, 0.15) is 68.3 Å². The lowest BCUT2D eigenvalue weighted by Crippen LogP contribution is -2.52. The van der Waals surface area contributed by atoms with E-state index in [1.807, 2.05) is 12.1 Å². The molecule has 0 radical (unpaired) electrons. The van der Waals surface area contributed by atoms with Crippen LogP contribution < -0.4 is 21.7 Å². The molecular formula is C24H39Cl2N5O3. The summed E-state index contributed by atoms with van der Waals surface area (Å²) in [5.41, 5.74) is 14.3. The minimum atomic E-state index is -0.602. The Morgan fingerprint density at radius 1 is 1.06 bits per heavy atom. The molecule has 0 saturated carbocycles. The van der Waals surface area contributed by atoms with Crippen LogP contribution in [0.25, 0.3) is 0 Å². The number of imide groups is 1. The van der Waals surface area contributed by atoms with Gasteiger partial charge in [-0.1, -0.05) is 19.9 Å². The van der Waals surface area contributed by atoms with Gasteiger partial charge in [0, 0.05) is 42.9 Å². The molecule has 2 heterocycles. The van der Waals surface area contributed by atoms with Crippen molar-refractivity contribution in [2.75, 3.05) is 31.1 Å². The molecule has 34 heavy (non-hydrogen) atoms. The van der Waals surface area contributed by atoms with Gasteiger partial charge in [-0.15, -0.1) is 24.8 Å². The molecule has 1 atom stereocenters. The van der Waals surface area contributed by atoms with E-state index in [2.05, 4.69) is 30.1 Å². The van der Waals surface area contributed by atoms with E-state index < -0.39 is 6.04 Å². The van der Waals surface area contributed by atoms with E-state index in [0.29, 0.717) is 31.6 Å². The second-order valence-electron chi connectivity index (χ2n) is 9.64. The first kappa shape index (κ1) is 30.2. The van der Waals surface area contributed by atoms with Gasteiger partial charge < -0.3 is 21.3 Å². The van der Waals surface area contributed by atoms with Crippen LogP contribution in [-0.2, 0) is 16.1 Å². The van der Waals surface area contributed by atoms with Gasteiger partial charge in [-0.3, -0.25) is 19.7 Å². The van der Waals surface area contributed by atoms with Crippen molar-refractivity contribution in [2.24, 2.45) is 16.9 Å². The van der Waals surface area contributed by atoms with Crippen LogP contribution in [0.15, 0.2) is 18.2 Å². The van der Waals surface area contributed by atoms with Crippen LogP contribution in [0.5, 0.6) is 0 Å². The Hall–Kier alpha value is -1.87. The number of nitrogens with two attached hydrogens (primary N) is 2. The van der Waals surface area contributed by atoms with Gasteiger partial charge >= 0.3 is 0 Å². The van der Waals surface area contributed by atoms with Crippen LogP contribution in [0.2, 0.25) is 0 Å². The van der Waals surface area contributed by atoms with Crippen molar-refractivity contribution in [1.29, 1.82) is 0 Å². The maximum Gasteiger partial charge on any atom is 0.255 e. The molecule has 1 unspecified atom stereocenters. The normalized spacial score (nSPS) is 17.6. The summed E-state index contributed by atoms with van der Waals surface area (Å²) < 4.78 is 0. The summed E-state index contributed by atoms with van der Waals surface area (Å²) >= 11 is 0. The number of amides is 3. The number of carbonyl (C=O) groups is 3. The van der Waals surface area contributed by atoms with Crippen molar-refractivity contribution in [2.45, 2.75) is 65.0 Å². The highest BCUT2D eigenvalue weighted by atomic mass is 35.5. The third kappa shape index (κ3) is 7.07. The first-order chi connectivity index (χ1) is 15.3. The van der Waals surface area contributed by atoms with Gasteiger partial charge in [0.15, 0.2) is 0 Å². The standard InChI is InChI=1S/C24H37N5O3.2ClH/c1-24(2,10-13-26)11-15-28(14-4-3-12-25)19-7-5-6-17-18(19)16-29(23(17)32)20-8-9-21(30)27-22(20)31;;/h5-7,20H,3-4,8-16,25-26H2,1-2H3,(H,27,30,31);2*1H. The third-order valence-electron chi connectivity index (χ3n) is 6.66. The first-order valence-corrected chi connectivity index (χ1v) is 11.7. The van der Waals surface area contributed by atoms with E-state index in [1.165, 1.54) is 0 Å². The van der Waals surface area contributed by atoms with Crippen molar-refractivity contribution in [3.05, 3.63) is 29.3 Å². The zero-order valence-electron chi connectivity index (χ0n) is 20.2. The molecule has 5 N–H and O–H groups in total. The lowest BCUT2D eigenvalue weighted by Gasteiger charge is -2.32. The molecule has 8 nitrogen and oxygen atoms in total. The molecule has 1 aromatic carbocycles. The van der Waals surface area contributed by atoms with E-state index in [4.69, 9.17) is 11.5 Å². The smallest absolute Gasteiger partial charge is 0.255 e. The number of nitrogens with zero attached hydrogens (tertiary/aromatic N) is 2. The van der Waals surface area contributed by atoms with Gasteiger partial charge in [0.1, 0.15) is 6.04 Å². The molecule has 0 spiro atoms. The highest BCUT2D eigenvalue weighted by Gasteiger charge is 2.40. The summed E-state index contributed by atoms with van der Waals surface area (Å²) in [5, 5.41) is 2.37. The Labute approximate surface area is 215 Å².